The van der Waals surface area contributed by atoms with E-state index in [9.17, 15) is 10.2 Å². The van der Waals surface area contributed by atoms with Crippen molar-refractivity contribution in [3.05, 3.63) is 0 Å². The normalized spacial score (nSPS) is 42.3. The molecule has 1 fully saturated rings. The average Bonchev–Trinajstić information content (AvgIpc) is 2.67. The number of aliphatic imine (C=N–C) groups is 1. The van der Waals surface area contributed by atoms with Gasteiger partial charge in [0.1, 0.15) is 18.2 Å². The highest BCUT2D eigenvalue weighted by atomic mass is 16.5. The van der Waals surface area contributed by atoms with Gasteiger partial charge in [0.25, 0.3) is 6.02 Å². The Balaban J connectivity index is 2.14. The molecule has 5 heteroatoms. The summed E-state index contributed by atoms with van der Waals surface area (Å²) in [4.78, 5) is 6.11. The molecule has 1 aliphatic heterocycles. The Bertz CT molecular complexity index is 293. The number of hydrogen-bond acceptors (Lipinski definition) is 5. The van der Waals surface area contributed by atoms with Crippen molar-refractivity contribution < 1.29 is 14.9 Å². The first-order chi connectivity index (χ1) is 7.54. The molecule has 1 aliphatic carbocycles. The van der Waals surface area contributed by atoms with E-state index in [1.54, 1.807) is 4.90 Å². The lowest BCUT2D eigenvalue weighted by Crippen LogP contribution is -2.51. The minimum atomic E-state index is -0.804. The maximum Gasteiger partial charge on any atom is 0.287 e. The van der Waals surface area contributed by atoms with Gasteiger partial charge in [-0.25, -0.2) is 4.99 Å². The summed E-state index contributed by atoms with van der Waals surface area (Å²) in [5, 5.41) is 19.9. The van der Waals surface area contributed by atoms with Gasteiger partial charge in [0.05, 0.1) is 6.10 Å². The smallest absolute Gasteiger partial charge is 0.287 e. The Labute approximate surface area is 95.7 Å². The summed E-state index contributed by atoms with van der Waals surface area (Å²) in [7, 11) is 3.71. The van der Waals surface area contributed by atoms with Crippen LogP contribution >= 0.6 is 0 Å². The summed E-state index contributed by atoms with van der Waals surface area (Å²) in [6.45, 7) is 2.02. The van der Waals surface area contributed by atoms with Gasteiger partial charge in [-0.3, -0.25) is 0 Å². The van der Waals surface area contributed by atoms with Crippen molar-refractivity contribution in [3.63, 3.8) is 0 Å². The second-order valence-corrected chi connectivity index (χ2v) is 4.84. The third kappa shape index (κ3) is 1.78. The average molecular weight is 228 g/mol. The third-order valence-corrected chi connectivity index (χ3v) is 3.52. The van der Waals surface area contributed by atoms with Gasteiger partial charge in [-0.1, -0.05) is 13.3 Å². The maximum absolute atomic E-state index is 9.99. The number of nitrogens with zero attached hydrogens (tertiary/aromatic N) is 2. The van der Waals surface area contributed by atoms with Gasteiger partial charge in [0, 0.05) is 14.1 Å². The minimum Gasteiger partial charge on any atom is -0.459 e. The molecule has 16 heavy (non-hydrogen) atoms. The van der Waals surface area contributed by atoms with E-state index in [4.69, 9.17) is 4.74 Å². The topological polar surface area (TPSA) is 65.3 Å². The number of hydrogen-bond donors (Lipinski definition) is 2. The zero-order valence-electron chi connectivity index (χ0n) is 10.00. The number of aliphatic hydroxyl groups excluding tert-OH is 2. The Morgan fingerprint density at radius 3 is 2.62 bits per heavy atom. The molecule has 1 saturated carbocycles. The van der Waals surface area contributed by atoms with Crippen molar-refractivity contribution in [3.8, 4) is 0 Å². The van der Waals surface area contributed by atoms with Crippen LogP contribution in [-0.4, -0.2) is 59.6 Å². The maximum atomic E-state index is 9.99. The van der Waals surface area contributed by atoms with E-state index in [0.717, 1.165) is 12.8 Å². The van der Waals surface area contributed by atoms with Crippen LogP contribution in [0.25, 0.3) is 0 Å². The monoisotopic (exact) mass is 228 g/mol. The number of aliphatic hydroxyl groups is 2. The molecule has 0 aromatic rings. The Morgan fingerprint density at radius 1 is 1.38 bits per heavy atom. The van der Waals surface area contributed by atoms with Crippen molar-refractivity contribution in [2.45, 2.75) is 44.1 Å². The number of amidine groups is 1. The molecule has 0 aromatic carbocycles. The van der Waals surface area contributed by atoms with Gasteiger partial charge < -0.3 is 19.8 Å². The fraction of sp³-hybridized carbons (Fsp3) is 0.909. The molecule has 0 saturated heterocycles. The molecule has 0 amide bonds. The Hall–Kier alpha value is -0.810. The second kappa shape index (κ2) is 4.22. The molecule has 0 spiro atoms. The predicted molar refractivity (Wildman–Crippen MR) is 60.2 cm³/mol. The minimum absolute atomic E-state index is 0.0826. The zero-order valence-corrected chi connectivity index (χ0v) is 10.00. The molecular weight excluding hydrogens is 208 g/mol. The van der Waals surface area contributed by atoms with Crippen LogP contribution in [0, 0.1) is 5.92 Å². The highest BCUT2D eigenvalue weighted by molar-refractivity contribution is 5.75. The summed E-state index contributed by atoms with van der Waals surface area (Å²) in [6, 6.07) is 0.244. The van der Waals surface area contributed by atoms with E-state index in [1.165, 1.54) is 0 Å². The summed E-state index contributed by atoms with van der Waals surface area (Å²) in [5.74, 6) is 0.105. The summed E-state index contributed by atoms with van der Waals surface area (Å²) < 4.78 is 5.68. The van der Waals surface area contributed by atoms with Gasteiger partial charge in [0.2, 0.25) is 0 Å². The van der Waals surface area contributed by atoms with Gasteiger partial charge in [0.15, 0.2) is 0 Å². The van der Waals surface area contributed by atoms with Gasteiger partial charge >= 0.3 is 0 Å². The quantitative estimate of drug-likeness (QED) is 0.653. The lowest BCUT2D eigenvalue weighted by molar-refractivity contribution is -0.0849. The molecule has 2 rings (SSSR count). The number of ether oxygens (including phenoxy) is 1. The standard InChI is InChI=1S/C11H20N2O3/c1-4-6-5-7-8(10(15)9(6)14)12-11(16-7)13(2)3/h6-10,14-15H,4-5H2,1-3H3/t6-,7-,8-,9+,10+/m0/s1. The molecule has 92 valence electrons. The first-order valence-electron chi connectivity index (χ1n) is 5.82. The Kier molecular flexibility index (Phi) is 3.08. The first-order valence-corrected chi connectivity index (χ1v) is 5.82. The van der Waals surface area contributed by atoms with E-state index in [2.05, 4.69) is 4.99 Å². The van der Waals surface area contributed by atoms with Crippen LogP contribution in [0.4, 0.5) is 0 Å². The fourth-order valence-corrected chi connectivity index (χ4v) is 2.48. The van der Waals surface area contributed by atoms with Gasteiger partial charge in [-0.2, -0.15) is 0 Å². The number of rotatable bonds is 1. The highest BCUT2D eigenvalue weighted by Crippen LogP contribution is 2.34. The van der Waals surface area contributed by atoms with Crippen LogP contribution in [-0.2, 0) is 4.74 Å². The van der Waals surface area contributed by atoms with Crippen molar-refractivity contribution in [1.82, 2.24) is 4.90 Å². The van der Waals surface area contributed by atoms with Crippen LogP contribution in [0.1, 0.15) is 19.8 Å². The molecule has 1 heterocycles. The lowest BCUT2D eigenvalue weighted by Gasteiger charge is -2.37. The van der Waals surface area contributed by atoms with Crippen molar-refractivity contribution >= 4 is 6.02 Å². The lowest BCUT2D eigenvalue weighted by atomic mass is 9.78. The molecule has 5 nitrogen and oxygen atoms in total. The molecule has 0 bridgehead atoms. The van der Waals surface area contributed by atoms with E-state index in [0.29, 0.717) is 6.02 Å². The molecule has 0 unspecified atom stereocenters. The van der Waals surface area contributed by atoms with E-state index < -0.39 is 12.2 Å². The van der Waals surface area contributed by atoms with Crippen LogP contribution in [0.2, 0.25) is 0 Å². The zero-order chi connectivity index (χ0) is 11.9. The molecule has 5 atom stereocenters. The van der Waals surface area contributed by atoms with Crippen molar-refractivity contribution in [2.75, 3.05) is 14.1 Å². The highest BCUT2D eigenvalue weighted by Gasteiger charge is 2.47. The van der Waals surface area contributed by atoms with Crippen LogP contribution in [0.15, 0.2) is 4.99 Å². The van der Waals surface area contributed by atoms with Gasteiger partial charge in [-0.15, -0.1) is 0 Å². The van der Waals surface area contributed by atoms with Crippen molar-refractivity contribution in [1.29, 1.82) is 0 Å². The van der Waals surface area contributed by atoms with Crippen LogP contribution in [0.5, 0.6) is 0 Å². The molecule has 0 radical (unpaired) electrons. The third-order valence-electron chi connectivity index (χ3n) is 3.52. The van der Waals surface area contributed by atoms with E-state index in [1.807, 2.05) is 21.0 Å². The predicted octanol–water partition coefficient (Wildman–Crippen LogP) is -0.177. The fourth-order valence-electron chi connectivity index (χ4n) is 2.48. The molecular formula is C11H20N2O3. The summed E-state index contributed by atoms with van der Waals surface area (Å²) in [5.41, 5.74) is 0. The molecule has 0 aromatic heterocycles. The van der Waals surface area contributed by atoms with Gasteiger partial charge in [-0.05, 0) is 12.3 Å². The second-order valence-electron chi connectivity index (χ2n) is 4.84. The van der Waals surface area contributed by atoms with E-state index >= 15 is 0 Å². The summed E-state index contributed by atoms with van der Waals surface area (Å²) >= 11 is 0. The van der Waals surface area contributed by atoms with Crippen molar-refractivity contribution in [2.24, 2.45) is 10.9 Å². The van der Waals surface area contributed by atoms with E-state index in [-0.39, 0.29) is 18.1 Å². The first kappa shape index (κ1) is 11.7. The molecule has 2 aliphatic rings. The SMILES string of the molecule is CC[C@H]1C[C@@H]2OC(N(C)C)=N[C@@H]2[C@@H](O)[C@@H]1O. The molecule has 2 N–H and O–H groups in total. The Morgan fingerprint density at radius 2 is 2.06 bits per heavy atom. The number of fused-ring (bicyclic) bond motifs is 1. The van der Waals surface area contributed by atoms with Crippen LogP contribution in [0.3, 0.4) is 0 Å². The summed E-state index contributed by atoms with van der Waals surface area (Å²) in [6.07, 6.45) is 0.0458. The van der Waals surface area contributed by atoms with Crippen LogP contribution < -0.4 is 0 Å². The largest absolute Gasteiger partial charge is 0.459 e.